The van der Waals surface area contributed by atoms with Gasteiger partial charge in [0.05, 0.1) is 18.4 Å². The molecule has 0 aliphatic carbocycles. The lowest BCUT2D eigenvalue weighted by molar-refractivity contribution is 0.553. The van der Waals surface area contributed by atoms with Gasteiger partial charge in [0.1, 0.15) is 0 Å². The molecule has 0 atom stereocenters. The van der Waals surface area contributed by atoms with Crippen molar-refractivity contribution in [2.75, 3.05) is 5.01 Å². The molecule has 0 bridgehead atoms. The first kappa shape index (κ1) is 29.3. The lowest BCUT2D eigenvalue weighted by Crippen LogP contribution is -2.16. The van der Waals surface area contributed by atoms with Crippen molar-refractivity contribution in [3.8, 4) is 0 Å². The maximum atomic E-state index is 4.94. The molecule has 6 aromatic rings. The van der Waals surface area contributed by atoms with Gasteiger partial charge in [-0.2, -0.15) is 10.1 Å². The van der Waals surface area contributed by atoms with Crippen molar-refractivity contribution in [3.05, 3.63) is 114 Å². The number of aromatic nitrogens is 5. The quantitative estimate of drug-likeness (QED) is 0.0687. The van der Waals surface area contributed by atoms with E-state index >= 15 is 0 Å². The van der Waals surface area contributed by atoms with Crippen LogP contribution in [0.15, 0.2) is 108 Å². The molecule has 0 spiro atoms. The summed E-state index contributed by atoms with van der Waals surface area (Å²) in [5.41, 5.74) is 5.60. The van der Waals surface area contributed by atoms with Gasteiger partial charge in [-0.15, -0.1) is 0 Å². The van der Waals surface area contributed by atoms with Crippen LogP contribution < -0.4 is 5.01 Å². The van der Waals surface area contributed by atoms with E-state index in [-0.39, 0.29) is 0 Å². The minimum absolute atomic E-state index is 0.548. The van der Waals surface area contributed by atoms with Crippen LogP contribution in [0.3, 0.4) is 0 Å². The summed E-state index contributed by atoms with van der Waals surface area (Å²) in [7, 11) is 0. The third-order valence-electron chi connectivity index (χ3n) is 8.23. The van der Waals surface area contributed by atoms with Crippen molar-refractivity contribution in [1.29, 1.82) is 0 Å². The van der Waals surface area contributed by atoms with Gasteiger partial charge in [0.25, 0.3) is 5.95 Å². The van der Waals surface area contributed by atoms with E-state index in [1.54, 1.807) is 9.69 Å². The average Bonchev–Trinajstić information content (AvgIpc) is 3.65. The molecule has 0 N–H and O–H groups in total. The number of aryl methyl sites for hydroxylation is 1. The molecule has 44 heavy (non-hydrogen) atoms. The summed E-state index contributed by atoms with van der Waals surface area (Å²) in [6, 6.07) is 35.6. The number of benzene rings is 4. The second kappa shape index (κ2) is 14.6. The zero-order chi connectivity index (χ0) is 30.0. The van der Waals surface area contributed by atoms with Gasteiger partial charge in [-0.1, -0.05) is 130 Å². The van der Waals surface area contributed by atoms with Gasteiger partial charge in [0, 0.05) is 28.4 Å². The number of fused-ring (bicyclic) bond motifs is 3. The average molecular weight is 584 g/mol. The van der Waals surface area contributed by atoms with Crippen LogP contribution in [0.1, 0.15) is 69.4 Å². The van der Waals surface area contributed by atoms with Crippen LogP contribution in [-0.4, -0.2) is 31.0 Å². The zero-order valence-electron chi connectivity index (χ0n) is 25.6. The van der Waals surface area contributed by atoms with E-state index in [1.807, 2.05) is 54.7 Å². The standard InChI is InChI=1S/C37H41N7/c1-2-3-4-5-6-7-8-17-26-42-35-23-16-15-22-33(35)34-27-31(24-25-36(34)42)28-38-44(32-20-13-10-14-21-32)37-39-40-41-43(37)29-30-18-11-9-12-19-30/h9-16,18-25,27-28H,2-8,17,26,29H2,1H3. The molecule has 0 saturated heterocycles. The van der Waals surface area contributed by atoms with E-state index in [9.17, 15) is 0 Å². The van der Waals surface area contributed by atoms with Crippen LogP contribution in [-0.2, 0) is 13.1 Å². The summed E-state index contributed by atoms with van der Waals surface area (Å²) in [6.45, 7) is 3.87. The molecule has 7 nitrogen and oxygen atoms in total. The summed E-state index contributed by atoms with van der Waals surface area (Å²) in [5, 5.41) is 21.9. The molecule has 0 fully saturated rings. The number of para-hydroxylation sites is 2. The second-order valence-electron chi connectivity index (χ2n) is 11.4. The number of unbranched alkanes of at least 4 members (excludes halogenated alkanes) is 7. The largest absolute Gasteiger partial charge is 0.340 e. The van der Waals surface area contributed by atoms with Crippen LogP contribution in [0.2, 0.25) is 0 Å². The highest BCUT2D eigenvalue weighted by atomic mass is 15.6. The van der Waals surface area contributed by atoms with Crippen LogP contribution in [0.4, 0.5) is 11.6 Å². The number of hydrazone groups is 1. The Labute approximate surface area is 259 Å². The van der Waals surface area contributed by atoms with Crippen molar-refractivity contribution in [2.24, 2.45) is 5.10 Å². The fraction of sp³-hybridized carbons (Fsp3) is 0.297. The van der Waals surface area contributed by atoms with Crippen LogP contribution >= 0.6 is 0 Å². The SMILES string of the molecule is CCCCCCCCCCn1c2ccccc2c2cc(C=NN(c3ccccc3)c3nnnn3Cc3ccccc3)ccc21. The monoisotopic (exact) mass is 583 g/mol. The molecule has 6 rings (SSSR count). The lowest BCUT2D eigenvalue weighted by atomic mass is 10.1. The van der Waals surface area contributed by atoms with Crippen molar-refractivity contribution in [2.45, 2.75) is 71.4 Å². The Morgan fingerprint density at radius 2 is 1.39 bits per heavy atom. The van der Waals surface area contributed by atoms with Crippen molar-refractivity contribution in [1.82, 2.24) is 24.8 Å². The van der Waals surface area contributed by atoms with Gasteiger partial charge in [0.15, 0.2) is 0 Å². The van der Waals surface area contributed by atoms with Crippen molar-refractivity contribution >= 4 is 39.7 Å². The molecule has 224 valence electrons. The summed E-state index contributed by atoms with van der Waals surface area (Å²) in [5.74, 6) is 0.555. The second-order valence-corrected chi connectivity index (χ2v) is 11.4. The summed E-state index contributed by atoms with van der Waals surface area (Å²) >= 11 is 0. The normalized spacial score (nSPS) is 11.7. The molecule has 0 radical (unpaired) electrons. The van der Waals surface area contributed by atoms with Crippen molar-refractivity contribution in [3.63, 3.8) is 0 Å². The van der Waals surface area contributed by atoms with Gasteiger partial charge < -0.3 is 4.57 Å². The van der Waals surface area contributed by atoms with E-state index in [0.29, 0.717) is 12.5 Å². The van der Waals surface area contributed by atoms with Crippen LogP contribution in [0, 0.1) is 0 Å². The Morgan fingerprint density at radius 3 is 2.18 bits per heavy atom. The topological polar surface area (TPSA) is 64.1 Å². The molecule has 2 heterocycles. The highest BCUT2D eigenvalue weighted by molar-refractivity contribution is 6.09. The molecule has 0 saturated carbocycles. The van der Waals surface area contributed by atoms with E-state index in [2.05, 4.69) is 81.6 Å². The minimum atomic E-state index is 0.548. The molecular formula is C37H41N7. The van der Waals surface area contributed by atoms with E-state index in [0.717, 1.165) is 23.4 Å². The number of anilines is 2. The van der Waals surface area contributed by atoms with Gasteiger partial charge in [-0.05, 0) is 58.3 Å². The Hall–Kier alpha value is -4.78. The molecular weight excluding hydrogens is 542 g/mol. The predicted octanol–water partition coefficient (Wildman–Crippen LogP) is 9.14. The molecule has 0 amide bonds. The molecule has 4 aromatic carbocycles. The molecule has 0 unspecified atom stereocenters. The molecule has 2 aromatic heterocycles. The summed E-state index contributed by atoms with van der Waals surface area (Å²) in [6.07, 6.45) is 12.5. The Kier molecular flexibility index (Phi) is 9.72. The Morgan fingerprint density at radius 1 is 0.705 bits per heavy atom. The number of tetrazole rings is 1. The van der Waals surface area contributed by atoms with Gasteiger partial charge in [0.2, 0.25) is 0 Å². The van der Waals surface area contributed by atoms with Gasteiger partial charge in [-0.25, -0.2) is 4.68 Å². The maximum absolute atomic E-state index is 4.94. The molecule has 7 heteroatoms. The third kappa shape index (κ3) is 6.88. The first-order chi connectivity index (χ1) is 21.8. The Balaban J connectivity index is 1.25. The lowest BCUT2D eigenvalue weighted by Gasteiger charge is -2.17. The maximum Gasteiger partial charge on any atom is 0.271 e. The van der Waals surface area contributed by atoms with E-state index in [1.165, 1.54) is 73.2 Å². The van der Waals surface area contributed by atoms with Gasteiger partial charge in [-0.3, -0.25) is 0 Å². The smallest absolute Gasteiger partial charge is 0.271 e. The van der Waals surface area contributed by atoms with Gasteiger partial charge >= 0.3 is 0 Å². The zero-order valence-corrected chi connectivity index (χ0v) is 25.6. The number of nitrogens with zero attached hydrogens (tertiary/aromatic N) is 7. The first-order valence-electron chi connectivity index (χ1n) is 16.0. The molecule has 0 aliphatic heterocycles. The van der Waals surface area contributed by atoms with Crippen LogP contribution in [0.5, 0.6) is 0 Å². The van der Waals surface area contributed by atoms with E-state index < -0.39 is 0 Å². The fourth-order valence-corrected chi connectivity index (χ4v) is 5.93. The fourth-order valence-electron chi connectivity index (χ4n) is 5.93. The highest BCUT2D eigenvalue weighted by Crippen LogP contribution is 2.30. The van der Waals surface area contributed by atoms with Crippen molar-refractivity contribution < 1.29 is 0 Å². The third-order valence-corrected chi connectivity index (χ3v) is 8.23. The number of hydrogen-bond acceptors (Lipinski definition) is 5. The first-order valence-corrected chi connectivity index (χ1v) is 16.0. The predicted molar refractivity (Wildman–Crippen MR) is 182 cm³/mol. The Bertz CT molecular complexity index is 1790. The summed E-state index contributed by atoms with van der Waals surface area (Å²) < 4.78 is 4.28. The minimum Gasteiger partial charge on any atom is -0.340 e. The summed E-state index contributed by atoms with van der Waals surface area (Å²) in [4.78, 5) is 0. The number of rotatable bonds is 15. The highest BCUT2D eigenvalue weighted by Gasteiger charge is 2.17. The molecule has 0 aliphatic rings. The van der Waals surface area contributed by atoms with E-state index in [4.69, 9.17) is 5.10 Å². The number of hydrogen-bond donors (Lipinski definition) is 0. The van der Waals surface area contributed by atoms with Crippen LogP contribution in [0.25, 0.3) is 21.8 Å².